The van der Waals surface area contributed by atoms with Gasteiger partial charge in [-0.15, -0.1) is 0 Å². The van der Waals surface area contributed by atoms with Gasteiger partial charge in [0, 0.05) is 13.6 Å². The van der Waals surface area contributed by atoms with E-state index >= 15 is 0 Å². The quantitative estimate of drug-likeness (QED) is 0.726. The van der Waals surface area contributed by atoms with Crippen molar-refractivity contribution in [2.45, 2.75) is 6.54 Å². The fraction of sp³-hybridized carbons (Fsp3) is 0.250. The van der Waals surface area contributed by atoms with E-state index in [9.17, 15) is 4.39 Å². The summed E-state index contributed by atoms with van der Waals surface area (Å²) < 4.78 is 12.8. The van der Waals surface area contributed by atoms with Crippen molar-refractivity contribution in [2.24, 2.45) is 0 Å². The molecule has 0 saturated heterocycles. The Kier molecular flexibility index (Phi) is 3.08. The molecule has 0 unspecified atom stereocenters. The molecule has 0 saturated carbocycles. The van der Waals surface area contributed by atoms with Crippen LogP contribution < -0.4 is 0 Å². The first-order valence-electron chi connectivity index (χ1n) is 3.57. The van der Waals surface area contributed by atoms with Crippen LogP contribution in [0.25, 0.3) is 0 Å². The molecule has 2 N–H and O–H groups in total. The zero-order valence-corrected chi connectivity index (χ0v) is 7.72. The summed E-state index contributed by atoms with van der Waals surface area (Å²) in [6.45, 7) is 0.174. The Morgan fingerprint density at radius 3 is 2.62 bits per heavy atom. The number of hydrogen-bond donors (Lipinski definition) is 2. The van der Waals surface area contributed by atoms with E-state index in [4.69, 9.17) is 21.9 Å². The molecule has 0 bridgehead atoms. The Hall–Kier alpha value is -0.840. The Morgan fingerprint density at radius 2 is 2.15 bits per heavy atom. The lowest BCUT2D eigenvalue weighted by Gasteiger charge is -2.09. The average Bonchev–Trinajstić information content (AvgIpc) is 1.98. The lowest BCUT2D eigenvalue weighted by molar-refractivity contribution is -0.0731. The lowest BCUT2D eigenvalue weighted by atomic mass is 10.2. The molecule has 0 amide bonds. The van der Waals surface area contributed by atoms with Crippen LogP contribution in [0.5, 0.6) is 5.75 Å². The molecule has 0 heterocycles. The Labute approximate surface area is 79.9 Å². The summed E-state index contributed by atoms with van der Waals surface area (Å²) in [5.41, 5.74) is 0.536. The van der Waals surface area contributed by atoms with E-state index in [1.807, 2.05) is 0 Å². The third-order valence-corrected chi connectivity index (χ3v) is 1.76. The average molecular weight is 206 g/mol. The summed E-state index contributed by atoms with van der Waals surface area (Å²) in [5, 5.41) is 18.7. The SMILES string of the molecule is CN(O)Cc1cc(O)c(F)c(Cl)c1. The van der Waals surface area contributed by atoms with Gasteiger partial charge >= 0.3 is 0 Å². The summed E-state index contributed by atoms with van der Waals surface area (Å²) in [7, 11) is 1.44. The van der Waals surface area contributed by atoms with Crippen LogP contribution in [-0.2, 0) is 6.54 Å². The van der Waals surface area contributed by atoms with E-state index in [1.54, 1.807) is 0 Å². The highest BCUT2D eigenvalue weighted by Crippen LogP contribution is 2.25. The third-order valence-electron chi connectivity index (χ3n) is 1.48. The molecular weight excluding hydrogens is 197 g/mol. The van der Waals surface area contributed by atoms with Gasteiger partial charge in [0.1, 0.15) is 0 Å². The van der Waals surface area contributed by atoms with Gasteiger partial charge in [0.2, 0.25) is 0 Å². The summed E-state index contributed by atoms with van der Waals surface area (Å²) >= 11 is 5.47. The molecule has 13 heavy (non-hydrogen) atoms. The second-order valence-corrected chi connectivity index (χ2v) is 3.13. The van der Waals surface area contributed by atoms with Gasteiger partial charge in [-0.3, -0.25) is 0 Å². The van der Waals surface area contributed by atoms with Crippen molar-refractivity contribution in [3.05, 3.63) is 28.5 Å². The Balaban J connectivity index is 2.99. The molecule has 0 radical (unpaired) electrons. The maximum atomic E-state index is 12.8. The van der Waals surface area contributed by atoms with E-state index in [0.29, 0.717) is 5.56 Å². The van der Waals surface area contributed by atoms with Crippen molar-refractivity contribution in [3.63, 3.8) is 0 Å². The predicted octanol–water partition coefficient (Wildman–Crippen LogP) is 2.01. The van der Waals surface area contributed by atoms with Crippen LogP contribution in [0.1, 0.15) is 5.56 Å². The molecule has 0 aliphatic rings. The number of aromatic hydroxyl groups is 1. The molecular formula is C8H9ClFNO2. The Bertz CT molecular complexity index is 294. The summed E-state index contributed by atoms with van der Waals surface area (Å²) in [6, 6.07) is 2.57. The van der Waals surface area contributed by atoms with Gasteiger partial charge in [-0.25, -0.2) is 4.39 Å². The number of phenols is 1. The molecule has 0 aromatic heterocycles. The maximum Gasteiger partial charge on any atom is 0.183 e. The van der Waals surface area contributed by atoms with Crippen LogP contribution in [0.15, 0.2) is 12.1 Å². The molecule has 1 rings (SSSR count). The van der Waals surface area contributed by atoms with Crippen LogP contribution in [0.2, 0.25) is 5.02 Å². The van der Waals surface area contributed by atoms with E-state index in [2.05, 4.69) is 0 Å². The smallest absolute Gasteiger partial charge is 0.183 e. The number of hydroxylamine groups is 2. The molecule has 0 spiro atoms. The van der Waals surface area contributed by atoms with Crippen LogP contribution in [-0.4, -0.2) is 22.4 Å². The van der Waals surface area contributed by atoms with Gasteiger partial charge in [-0.05, 0) is 17.7 Å². The highest BCUT2D eigenvalue weighted by atomic mass is 35.5. The van der Waals surface area contributed by atoms with Crippen molar-refractivity contribution in [3.8, 4) is 5.75 Å². The van der Waals surface area contributed by atoms with Crippen LogP contribution >= 0.6 is 11.6 Å². The van der Waals surface area contributed by atoms with Gasteiger partial charge < -0.3 is 10.3 Å². The molecule has 0 aliphatic heterocycles. The zero-order chi connectivity index (χ0) is 10.0. The number of nitrogens with zero attached hydrogens (tertiary/aromatic N) is 1. The fourth-order valence-electron chi connectivity index (χ4n) is 0.985. The maximum absolute atomic E-state index is 12.8. The number of rotatable bonds is 2. The molecule has 5 heteroatoms. The van der Waals surface area contributed by atoms with Gasteiger partial charge in [-0.2, -0.15) is 5.06 Å². The summed E-state index contributed by atoms with van der Waals surface area (Å²) in [4.78, 5) is 0. The predicted molar refractivity (Wildman–Crippen MR) is 46.3 cm³/mol. The number of phenolic OH excluding ortho intramolecular Hbond substituents is 1. The molecule has 0 atom stereocenters. The van der Waals surface area contributed by atoms with Crippen molar-refractivity contribution in [1.29, 1.82) is 0 Å². The topological polar surface area (TPSA) is 43.7 Å². The highest BCUT2D eigenvalue weighted by molar-refractivity contribution is 6.30. The first kappa shape index (κ1) is 10.2. The van der Waals surface area contributed by atoms with E-state index in [-0.39, 0.29) is 11.6 Å². The minimum Gasteiger partial charge on any atom is -0.505 e. The number of benzene rings is 1. The van der Waals surface area contributed by atoms with Crippen LogP contribution in [0.4, 0.5) is 4.39 Å². The van der Waals surface area contributed by atoms with Gasteiger partial charge in [-0.1, -0.05) is 11.6 Å². The monoisotopic (exact) mass is 205 g/mol. The normalized spacial score (nSPS) is 10.8. The van der Waals surface area contributed by atoms with Gasteiger partial charge in [0.15, 0.2) is 11.6 Å². The molecule has 0 aliphatic carbocycles. The van der Waals surface area contributed by atoms with Gasteiger partial charge in [0.05, 0.1) is 5.02 Å². The molecule has 1 aromatic rings. The van der Waals surface area contributed by atoms with Crippen molar-refractivity contribution in [1.82, 2.24) is 5.06 Å². The molecule has 1 aromatic carbocycles. The second-order valence-electron chi connectivity index (χ2n) is 2.73. The summed E-state index contributed by atoms with van der Waals surface area (Å²) in [6.07, 6.45) is 0. The lowest BCUT2D eigenvalue weighted by Crippen LogP contribution is -2.11. The second kappa shape index (κ2) is 3.91. The first-order chi connectivity index (χ1) is 6.00. The number of hydrogen-bond acceptors (Lipinski definition) is 3. The standard InChI is InChI=1S/C8H9ClFNO2/c1-11(13)4-5-2-6(9)8(10)7(12)3-5/h2-3,12-13H,4H2,1H3. The Morgan fingerprint density at radius 1 is 1.54 bits per heavy atom. The summed E-state index contributed by atoms with van der Waals surface area (Å²) in [5.74, 6) is -1.35. The molecule has 3 nitrogen and oxygen atoms in total. The number of halogens is 2. The van der Waals surface area contributed by atoms with Crippen LogP contribution in [0, 0.1) is 5.82 Å². The van der Waals surface area contributed by atoms with Crippen molar-refractivity contribution < 1.29 is 14.7 Å². The minimum absolute atomic E-state index is 0.156. The largest absolute Gasteiger partial charge is 0.505 e. The fourth-order valence-corrected chi connectivity index (χ4v) is 1.22. The van der Waals surface area contributed by atoms with E-state index in [0.717, 1.165) is 5.06 Å². The van der Waals surface area contributed by atoms with E-state index in [1.165, 1.54) is 19.2 Å². The zero-order valence-electron chi connectivity index (χ0n) is 6.96. The van der Waals surface area contributed by atoms with Gasteiger partial charge in [0.25, 0.3) is 0 Å². The van der Waals surface area contributed by atoms with Crippen molar-refractivity contribution in [2.75, 3.05) is 7.05 Å². The third kappa shape index (κ3) is 2.55. The highest BCUT2D eigenvalue weighted by Gasteiger charge is 2.08. The van der Waals surface area contributed by atoms with E-state index < -0.39 is 11.6 Å². The molecule has 0 fully saturated rings. The van der Waals surface area contributed by atoms with Crippen molar-refractivity contribution >= 4 is 11.6 Å². The minimum atomic E-state index is -0.842. The molecule has 72 valence electrons. The first-order valence-corrected chi connectivity index (χ1v) is 3.95. The van der Waals surface area contributed by atoms with Crippen LogP contribution in [0.3, 0.4) is 0 Å².